The van der Waals surface area contributed by atoms with Gasteiger partial charge >= 0.3 is 0 Å². The molecule has 106 valence electrons. The second kappa shape index (κ2) is 5.83. The molecule has 0 bridgehead atoms. The number of nitrogens with two attached hydrogens (primary N) is 1. The molecule has 0 aliphatic carbocycles. The van der Waals surface area contributed by atoms with E-state index in [4.69, 9.17) is 22.1 Å². The van der Waals surface area contributed by atoms with Gasteiger partial charge in [-0.05, 0) is 18.6 Å². The highest BCUT2D eigenvalue weighted by Gasteiger charge is 2.17. The summed E-state index contributed by atoms with van der Waals surface area (Å²) in [6.07, 6.45) is 0.673. The van der Waals surface area contributed by atoms with Crippen molar-refractivity contribution in [3.8, 4) is 5.75 Å². The number of halogens is 1. The number of benzene rings is 1. The highest BCUT2D eigenvalue weighted by molar-refractivity contribution is 6.34. The van der Waals surface area contributed by atoms with E-state index in [0.717, 1.165) is 5.69 Å². The van der Waals surface area contributed by atoms with Crippen molar-refractivity contribution in [1.82, 2.24) is 10.2 Å². The third kappa shape index (κ3) is 2.70. The van der Waals surface area contributed by atoms with Crippen LogP contribution in [0.15, 0.2) is 18.2 Å². The Morgan fingerprint density at radius 3 is 2.90 bits per heavy atom. The fourth-order valence-corrected chi connectivity index (χ4v) is 1.90. The molecule has 0 unspecified atom stereocenters. The molecule has 0 saturated heterocycles. The highest BCUT2D eigenvalue weighted by atomic mass is 35.5. The van der Waals surface area contributed by atoms with Crippen LogP contribution < -0.4 is 15.8 Å². The normalized spacial score (nSPS) is 10.3. The number of ether oxygens (including phenoxy) is 1. The maximum absolute atomic E-state index is 12.1. The summed E-state index contributed by atoms with van der Waals surface area (Å²) < 4.78 is 5.09. The number of aromatic nitrogens is 2. The van der Waals surface area contributed by atoms with Crippen LogP contribution >= 0.6 is 11.6 Å². The number of carbonyl (C=O) groups excluding carboxylic acids is 1. The van der Waals surface area contributed by atoms with Crippen molar-refractivity contribution in [3.63, 3.8) is 0 Å². The van der Waals surface area contributed by atoms with Gasteiger partial charge in [0, 0.05) is 6.07 Å². The van der Waals surface area contributed by atoms with Gasteiger partial charge in [0.15, 0.2) is 5.69 Å². The Kier molecular flexibility index (Phi) is 4.14. The van der Waals surface area contributed by atoms with Crippen LogP contribution in [0, 0.1) is 0 Å². The Balaban J connectivity index is 2.25. The molecule has 0 atom stereocenters. The van der Waals surface area contributed by atoms with Gasteiger partial charge in [-0.25, -0.2) is 0 Å². The number of aryl methyl sites for hydroxylation is 1. The first-order valence-electron chi connectivity index (χ1n) is 6.04. The average Bonchev–Trinajstić information content (AvgIpc) is 2.82. The van der Waals surface area contributed by atoms with Gasteiger partial charge in [-0.3, -0.25) is 9.89 Å². The van der Waals surface area contributed by atoms with Crippen LogP contribution in [-0.4, -0.2) is 23.2 Å². The maximum atomic E-state index is 12.1. The maximum Gasteiger partial charge on any atom is 0.278 e. The molecule has 7 heteroatoms. The molecule has 0 spiro atoms. The zero-order chi connectivity index (χ0) is 14.7. The van der Waals surface area contributed by atoms with Crippen LogP contribution in [0.2, 0.25) is 5.02 Å². The van der Waals surface area contributed by atoms with Crippen LogP contribution in [-0.2, 0) is 6.42 Å². The van der Waals surface area contributed by atoms with E-state index in [1.54, 1.807) is 18.2 Å². The third-order valence-corrected chi connectivity index (χ3v) is 3.20. The first-order valence-corrected chi connectivity index (χ1v) is 6.42. The molecule has 0 fully saturated rings. The average molecular weight is 295 g/mol. The van der Waals surface area contributed by atoms with E-state index < -0.39 is 5.91 Å². The second-order valence-corrected chi connectivity index (χ2v) is 4.53. The molecule has 4 N–H and O–H groups in total. The number of anilines is 2. The number of methoxy groups -OCH3 is 1. The topological polar surface area (TPSA) is 93.0 Å². The van der Waals surface area contributed by atoms with Crippen molar-refractivity contribution in [2.45, 2.75) is 13.3 Å². The molecule has 1 amide bonds. The first kappa shape index (κ1) is 14.2. The fraction of sp³-hybridized carbons (Fsp3) is 0.231. The van der Waals surface area contributed by atoms with E-state index in [1.165, 1.54) is 7.11 Å². The molecule has 1 aromatic heterocycles. The lowest BCUT2D eigenvalue weighted by atomic mass is 10.2. The molecule has 0 saturated carbocycles. The summed E-state index contributed by atoms with van der Waals surface area (Å²) in [6, 6.07) is 4.97. The summed E-state index contributed by atoms with van der Waals surface area (Å²) in [6.45, 7) is 1.92. The summed E-state index contributed by atoms with van der Waals surface area (Å²) in [5.74, 6) is 0.169. The number of amides is 1. The molecule has 0 radical (unpaired) electrons. The summed E-state index contributed by atoms with van der Waals surface area (Å²) >= 11 is 6.03. The van der Waals surface area contributed by atoms with E-state index in [0.29, 0.717) is 28.6 Å². The molecule has 1 heterocycles. The number of nitrogens with one attached hydrogen (secondary N) is 2. The lowest BCUT2D eigenvalue weighted by Crippen LogP contribution is -2.14. The predicted molar refractivity (Wildman–Crippen MR) is 78.3 cm³/mol. The minimum absolute atomic E-state index is 0.153. The highest BCUT2D eigenvalue weighted by Crippen LogP contribution is 2.27. The van der Waals surface area contributed by atoms with Crippen LogP contribution in [0.1, 0.15) is 23.1 Å². The number of rotatable bonds is 4. The van der Waals surface area contributed by atoms with Gasteiger partial charge in [0.25, 0.3) is 5.91 Å². The molecule has 2 aromatic rings. The molecular formula is C13H15ClN4O2. The smallest absolute Gasteiger partial charge is 0.278 e. The molecule has 20 heavy (non-hydrogen) atoms. The predicted octanol–water partition coefficient (Wildman–Crippen LogP) is 2.47. The standard InChI is InChI=1S/C13H15ClN4O2/c1-3-9-11(15)12(18-17-9)13(19)16-10-6-7(20-2)4-5-8(10)14/h4-6H,3,15H2,1-2H3,(H,16,19)(H,17,18). The van der Waals surface area contributed by atoms with E-state index in [-0.39, 0.29) is 5.69 Å². The first-order chi connectivity index (χ1) is 9.56. The molecule has 2 rings (SSSR count). The minimum Gasteiger partial charge on any atom is -0.497 e. The minimum atomic E-state index is -0.423. The Hall–Kier alpha value is -2.21. The SMILES string of the molecule is CCc1[nH]nc(C(=O)Nc2cc(OC)ccc2Cl)c1N. The summed E-state index contributed by atoms with van der Waals surface area (Å²) in [5.41, 5.74) is 7.52. The lowest BCUT2D eigenvalue weighted by molar-refractivity contribution is 0.102. The number of H-pyrrole nitrogens is 1. The van der Waals surface area contributed by atoms with Gasteiger partial charge in [0.05, 0.1) is 29.2 Å². The van der Waals surface area contributed by atoms with Gasteiger partial charge in [0.1, 0.15) is 5.75 Å². The van der Waals surface area contributed by atoms with Gasteiger partial charge in [-0.15, -0.1) is 0 Å². The van der Waals surface area contributed by atoms with Crippen LogP contribution in [0.5, 0.6) is 5.75 Å². The number of nitrogens with zero attached hydrogens (tertiary/aromatic N) is 1. The molecule has 0 aliphatic heterocycles. The monoisotopic (exact) mass is 294 g/mol. The van der Waals surface area contributed by atoms with Gasteiger partial charge in [-0.2, -0.15) is 5.10 Å². The number of hydrogen-bond donors (Lipinski definition) is 3. The van der Waals surface area contributed by atoms with Crippen molar-refractivity contribution in [3.05, 3.63) is 34.6 Å². The zero-order valence-corrected chi connectivity index (χ0v) is 11.9. The van der Waals surface area contributed by atoms with E-state index in [2.05, 4.69) is 15.5 Å². The number of hydrogen-bond acceptors (Lipinski definition) is 4. The fourth-order valence-electron chi connectivity index (χ4n) is 1.74. The summed E-state index contributed by atoms with van der Waals surface area (Å²) in [5, 5.41) is 9.73. The largest absolute Gasteiger partial charge is 0.497 e. The van der Waals surface area contributed by atoms with Crippen LogP contribution in [0.4, 0.5) is 11.4 Å². The second-order valence-electron chi connectivity index (χ2n) is 4.12. The molecule has 1 aromatic carbocycles. The quantitative estimate of drug-likeness (QED) is 0.807. The third-order valence-electron chi connectivity index (χ3n) is 2.87. The number of nitrogen functional groups attached to an aromatic ring is 1. The van der Waals surface area contributed by atoms with Crippen molar-refractivity contribution >= 4 is 28.9 Å². The Labute approximate surface area is 121 Å². The summed E-state index contributed by atoms with van der Waals surface area (Å²) in [7, 11) is 1.54. The Morgan fingerprint density at radius 2 is 2.30 bits per heavy atom. The lowest BCUT2D eigenvalue weighted by Gasteiger charge is -2.08. The Morgan fingerprint density at radius 1 is 1.55 bits per heavy atom. The van der Waals surface area contributed by atoms with E-state index >= 15 is 0 Å². The van der Waals surface area contributed by atoms with Crippen LogP contribution in [0.3, 0.4) is 0 Å². The van der Waals surface area contributed by atoms with Gasteiger partial charge in [0.2, 0.25) is 0 Å². The van der Waals surface area contributed by atoms with Crippen molar-refractivity contribution in [2.24, 2.45) is 0 Å². The van der Waals surface area contributed by atoms with Crippen LogP contribution in [0.25, 0.3) is 0 Å². The zero-order valence-electron chi connectivity index (χ0n) is 11.2. The molecule has 0 aliphatic rings. The molecular weight excluding hydrogens is 280 g/mol. The van der Waals surface area contributed by atoms with Gasteiger partial charge < -0.3 is 15.8 Å². The van der Waals surface area contributed by atoms with Crippen molar-refractivity contribution < 1.29 is 9.53 Å². The van der Waals surface area contributed by atoms with E-state index in [9.17, 15) is 4.79 Å². The number of carbonyl (C=O) groups is 1. The number of aromatic amines is 1. The Bertz CT molecular complexity index is 639. The summed E-state index contributed by atoms with van der Waals surface area (Å²) in [4.78, 5) is 12.1. The van der Waals surface area contributed by atoms with Crippen molar-refractivity contribution in [2.75, 3.05) is 18.2 Å². The van der Waals surface area contributed by atoms with Crippen molar-refractivity contribution in [1.29, 1.82) is 0 Å². The van der Waals surface area contributed by atoms with Gasteiger partial charge in [-0.1, -0.05) is 18.5 Å². The molecule has 6 nitrogen and oxygen atoms in total. The van der Waals surface area contributed by atoms with E-state index in [1.807, 2.05) is 6.92 Å².